The SMILES string of the molecule is COc1ccc(C2(C(=O)N3CCCC(CN4CCCC4)CC3)CC2)cc1. The number of methoxy groups -OCH3 is 1. The highest BCUT2D eigenvalue weighted by atomic mass is 16.5. The van der Waals surface area contributed by atoms with E-state index in [2.05, 4.69) is 21.9 Å². The number of carbonyl (C=O) groups is 1. The maximum Gasteiger partial charge on any atom is 0.233 e. The molecular formula is C22H32N2O2. The average molecular weight is 357 g/mol. The molecule has 1 aromatic rings. The lowest BCUT2D eigenvalue weighted by Crippen LogP contribution is -2.40. The minimum atomic E-state index is -0.249. The smallest absolute Gasteiger partial charge is 0.233 e. The van der Waals surface area contributed by atoms with Crippen LogP contribution in [0.15, 0.2) is 24.3 Å². The highest BCUT2D eigenvalue weighted by molar-refractivity contribution is 5.91. The number of hydrogen-bond acceptors (Lipinski definition) is 3. The van der Waals surface area contributed by atoms with E-state index in [0.717, 1.165) is 44.0 Å². The van der Waals surface area contributed by atoms with Gasteiger partial charge in [-0.05, 0) is 81.6 Å². The molecule has 1 atom stereocenters. The van der Waals surface area contributed by atoms with Gasteiger partial charge in [-0.3, -0.25) is 4.79 Å². The van der Waals surface area contributed by atoms with E-state index in [0.29, 0.717) is 5.91 Å². The van der Waals surface area contributed by atoms with Gasteiger partial charge < -0.3 is 14.5 Å². The Bertz CT molecular complexity index is 618. The number of rotatable bonds is 5. The Morgan fingerprint density at radius 1 is 1.04 bits per heavy atom. The van der Waals surface area contributed by atoms with Crippen LogP contribution in [0, 0.1) is 5.92 Å². The van der Waals surface area contributed by atoms with Crippen LogP contribution in [0.4, 0.5) is 0 Å². The molecule has 0 N–H and O–H groups in total. The minimum absolute atomic E-state index is 0.249. The van der Waals surface area contributed by atoms with Crippen molar-refractivity contribution in [2.24, 2.45) is 5.92 Å². The van der Waals surface area contributed by atoms with E-state index < -0.39 is 0 Å². The molecule has 1 saturated carbocycles. The molecule has 3 aliphatic rings. The van der Waals surface area contributed by atoms with Crippen molar-refractivity contribution in [1.82, 2.24) is 9.80 Å². The van der Waals surface area contributed by atoms with Crippen molar-refractivity contribution >= 4 is 5.91 Å². The number of carbonyl (C=O) groups excluding carboxylic acids is 1. The molecule has 1 unspecified atom stereocenters. The molecule has 2 aliphatic heterocycles. The van der Waals surface area contributed by atoms with Crippen LogP contribution >= 0.6 is 0 Å². The maximum atomic E-state index is 13.3. The van der Waals surface area contributed by atoms with Crippen molar-refractivity contribution in [3.05, 3.63) is 29.8 Å². The largest absolute Gasteiger partial charge is 0.497 e. The van der Waals surface area contributed by atoms with Crippen molar-refractivity contribution in [1.29, 1.82) is 0 Å². The Labute approximate surface area is 157 Å². The maximum absolute atomic E-state index is 13.3. The van der Waals surface area contributed by atoms with E-state index in [9.17, 15) is 4.79 Å². The summed E-state index contributed by atoms with van der Waals surface area (Å²) in [6.45, 7) is 5.67. The first-order valence-corrected chi connectivity index (χ1v) is 10.4. The van der Waals surface area contributed by atoms with Crippen LogP contribution in [0.3, 0.4) is 0 Å². The molecule has 0 spiro atoms. The third-order valence-corrected chi connectivity index (χ3v) is 6.65. The second kappa shape index (κ2) is 7.59. The van der Waals surface area contributed by atoms with Crippen LogP contribution in [0.1, 0.15) is 50.5 Å². The fourth-order valence-corrected chi connectivity index (χ4v) is 4.85. The Hall–Kier alpha value is -1.55. The van der Waals surface area contributed by atoms with Crippen molar-refractivity contribution < 1.29 is 9.53 Å². The Morgan fingerprint density at radius 2 is 1.77 bits per heavy atom. The summed E-state index contributed by atoms with van der Waals surface area (Å²) in [6, 6.07) is 8.13. The Balaban J connectivity index is 1.38. The lowest BCUT2D eigenvalue weighted by atomic mass is 9.94. The molecule has 2 heterocycles. The van der Waals surface area contributed by atoms with E-state index in [4.69, 9.17) is 4.74 Å². The molecule has 3 fully saturated rings. The lowest BCUT2D eigenvalue weighted by molar-refractivity contribution is -0.134. The van der Waals surface area contributed by atoms with Gasteiger partial charge in [-0.15, -0.1) is 0 Å². The number of hydrogen-bond donors (Lipinski definition) is 0. The van der Waals surface area contributed by atoms with Crippen LogP contribution < -0.4 is 4.74 Å². The number of amides is 1. The van der Waals surface area contributed by atoms with Crippen LogP contribution in [0.25, 0.3) is 0 Å². The quantitative estimate of drug-likeness (QED) is 0.810. The van der Waals surface area contributed by atoms with Crippen LogP contribution in [0.5, 0.6) is 5.75 Å². The van der Waals surface area contributed by atoms with Crippen molar-refractivity contribution in [3.8, 4) is 5.75 Å². The summed E-state index contributed by atoms with van der Waals surface area (Å²) in [7, 11) is 1.68. The van der Waals surface area contributed by atoms with E-state index in [-0.39, 0.29) is 5.41 Å². The summed E-state index contributed by atoms with van der Waals surface area (Å²) >= 11 is 0. The van der Waals surface area contributed by atoms with E-state index in [1.165, 1.54) is 50.9 Å². The topological polar surface area (TPSA) is 32.8 Å². The summed E-state index contributed by atoms with van der Waals surface area (Å²) in [5, 5.41) is 0. The van der Waals surface area contributed by atoms with Crippen LogP contribution in [-0.2, 0) is 10.2 Å². The van der Waals surface area contributed by atoms with Crippen LogP contribution in [-0.4, -0.2) is 55.5 Å². The number of nitrogens with zero attached hydrogens (tertiary/aromatic N) is 2. The van der Waals surface area contributed by atoms with E-state index in [1.807, 2.05) is 12.1 Å². The first kappa shape index (κ1) is 17.8. The molecule has 4 rings (SSSR count). The van der Waals surface area contributed by atoms with Crippen molar-refractivity contribution in [3.63, 3.8) is 0 Å². The first-order chi connectivity index (χ1) is 12.7. The van der Waals surface area contributed by atoms with Gasteiger partial charge in [0.25, 0.3) is 0 Å². The molecular weight excluding hydrogens is 324 g/mol. The van der Waals surface area contributed by atoms with Gasteiger partial charge in [0, 0.05) is 19.6 Å². The zero-order chi connectivity index (χ0) is 18.0. The van der Waals surface area contributed by atoms with Gasteiger partial charge in [-0.1, -0.05) is 12.1 Å². The third kappa shape index (κ3) is 3.62. The average Bonchev–Trinajstić information content (AvgIpc) is 3.39. The molecule has 0 radical (unpaired) electrons. The second-order valence-electron chi connectivity index (χ2n) is 8.41. The number of likely N-dealkylation sites (tertiary alicyclic amines) is 2. The van der Waals surface area contributed by atoms with Gasteiger partial charge in [-0.2, -0.15) is 0 Å². The zero-order valence-corrected chi connectivity index (χ0v) is 16.1. The standard InChI is InChI=1S/C22H32N2O2/c1-26-20-8-6-19(7-9-20)22(11-12-22)21(25)24-15-4-5-18(10-16-24)17-23-13-2-3-14-23/h6-9,18H,2-5,10-17H2,1H3. The van der Waals surface area contributed by atoms with Gasteiger partial charge in [-0.25, -0.2) is 0 Å². The summed E-state index contributed by atoms with van der Waals surface area (Å²) in [5.41, 5.74) is 0.919. The number of benzene rings is 1. The molecule has 4 heteroatoms. The van der Waals surface area contributed by atoms with Crippen molar-refractivity contribution in [2.75, 3.05) is 39.8 Å². The van der Waals surface area contributed by atoms with E-state index >= 15 is 0 Å². The molecule has 1 aliphatic carbocycles. The molecule has 0 bridgehead atoms. The van der Waals surface area contributed by atoms with Crippen LogP contribution in [0.2, 0.25) is 0 Å². The molecule has 0 aromatic heterocycles. The highest BCUT2D eigenvalue weighted by Gasteiger charge is 2.53. The lowest BCUT2D eigenvalue weighted by Gasteiger charge is -2.27. The predicted molar refractivity (Wildman–Crippen MR) is 104 cm³/mol. The predicted octanol–water partition coefficient (Wildman–Crippen LogP) is 3.45. The number of ether oxygens (including phenoxy) is 1. The third-order valence-electron chi connectivity index (χ3n) is 6.65. The first-order valence-electron chi connectivity index (χ1n) is 10.4. The molecule has 142 valence electrons. The van der Waals surface area contributed by atoms with Gasteiger partial charge >= 0.3 is 0 Å². The highest BCUT2D eigenvalue weighted by Crippen LogP contribution is 2.50. The Kier molecular flexibility index (Phi) is 5.21. The fourth-order valence-electron chi connectivity index (χ4n) is 4.85. The Morgan fingerprint density at radius 3 is 2.42 bits per heavy atom. The molecule has 1 aromatic carbocycles. The fraction of sp³-hybridized carbons (Fsp3) is 0.682. The molecule has 1 amide bonds. The van der Waals surface area contributed by atoms with E-state index in [1.54, 1.807) is 7.11 Å². The molecule has 26 heavy (non-hydrogen) atoms. The monoisotopic (exact) mass is 356 g/mol. The second-order valence-corrected chi connectivity index (χ2v) is 8.41. The van der Waals surface area contributed by atoms with Gasteiger partial charge in [0.2, 0.25) is 5.91 Å². The van der Waals surface area contributed by atoms with Gasteiger partial charge in [0.1, 0.15) is 5.75 Å². The molecule has 2 saturated heterocycles. The summed E-state index contributed by atoms with van der Waals surface area (Å²) in [6.07, 6.45) is 8.31. The normalized spacial score (nSPS) is 25.7. The minimum Gasteiger partial charge on any atom is -0.497 e. The summed E-state index contributed by atoms with van der Waals surface area (Å²) in [4.78, 5) is 18.1. The van der Waals surface area contributed by atoms with Crippen molar-refractivity contribution in [2.45, 2.75) is 50.4 Å². The van der Waals surface area contributed by atoms with Gasteiger partial charge in [0.15, 0.2) is 0 Å². The summed E-state index contributed by atoms with van der Waals surface area (Å²) < 4.78 is 5.26. The zero-order valence-electron chi connectivity index (χ0n) is 16.1. The summed E-state index contributed by atoms with van der Waals surface area (Å²) in [5.74, 6) is 1.99. The molecule has 4 nitrogen and oxygen atoms in total. The van der Waals surface area contributed by atoms with Gasteiger partial charge in [0.05, 0.1) is 12.5 Å².